The molecule has 2 aromatic carbocycles. The van der Waals surface area contributed by atoms with E-state index in [0.29, 0.717) is 12.1 Å². The molecule has 216 valence electrons. The number of nitrogens with zero attached hydrogens (tertiary/aromatic N) is 6. The van der Waals surface area contributed by atoms with Crippen LogP contribution in [0.25, 0.3) is 22.5 Å². The summed E-state index contributed by atoms with van der Waals surface area (Å²) in [7, 11) is 0. The quantitative estimate of drug-likeness (QED) is 0.180. The highest BCUT2D eigenvalue weighted by atomic mass is 35.5. The average molecular weight is 609 g/mol. The van der Waals surface area contributed by atoms with Gasteiger partial charge in [-0.15, -0.1) is 5.10 Å². The molecule has 0 amide bonds. The molecule has 1 N–H and O–H groups in total. The number of carbonyl (C=O) groups excluding carboxylic acids is 1. The molecule has 0 aliphatic heterocycles. The third-order valence-electron chi connectivity index (χ3n) is 6.03. The number of rotatable bonds is 7. The van der Waals surface area contributed by atoms with Crippen molar-refractivity contribution in [3.05, 3.63) is 99.9 Å². The van der Waals surface area contributed by atoms with Gasteiger partial charge in [0, 0.05) is 23.5 Å². The minimum Gasteiger partial charge on any atom is -0.388 e. The molecule has 0 radical (unpaired) electrons. The van der Waals surface area contributed by atoms with E-state index in [0.717, 1.165) is 4.68 Å². The normalized spacial score (nSPS) is 12.1. The first-order chi connectivity index (χ1) is 19.9. The second-order valence-electron chi connectivity index (χ2n) is 8.78. The zero-order valence-corrected chi connectivity index (χ0v) is 21.5. The van der Waals surface area contributed by atoms with E-state index in [-0.39, 0.29) is 50.6 Å². The van der Waals surface area contributed by atoms with Crippen molar-refractivity contribution in [3.63, 3.8) is 0 Å². The number of halogens is 7. The van der Waals surface area contributed by atoms with Crippen LogP contribution in [0.15, 0.2) is 65.7 Å². The molecule has 9 nitrogen and oxygen atoms in total. The van der Waals surface area contributed by atoms with Crippen molar-refractivity contribution in [2.24, 2.45) is 0 Å². The Morgan fingerprint density at radius 1 is 0.976 bits per heavy atom. The summed E-state index contributed by atoms with van der Waals surface area (Å²) in [5, 5.41) is 21.7. The largest absolute Gasteiger partial charge is 0.416 e. The molecule has 5 aromatic rings. The SMILES string of the molecule is O=C(c1nnn(Cc2cc(C(F)(F)F)cc(C(F)(F)F)c2)c1-c1cncnc1)c1c(-c2ccccc2Cl)noc1CO. The number of carbonyl (C=O) groups is 1. The Bertz CT molecular complexity index is 1740. The first kappa shape index (κ1) is 28.9. The summed E-state index contributed by atoms with van der Waals surface area (Å²) in [6.45, 7) is -1.40. The van der Waals surface area contributed by atoms with E-state index in [9.17, 15) is 36.2 Å². The summed E-state index contributed by atoms with van der Waals surface area (Å²) in [6, 6.07) is 7.43. The molecular formula is C26H15ClF6N6O3. The van der Waals surface area contributed by atoms with E-state index in [1.165, 1.54) is 24.8 Å². The zero-order valence-electron chi connectivity index (χ0n) is 20.8. The van der Waals surface area contributed by atoms with Gasteiger partial charge >= 0.3 is 12.4 Å². The first-order valence-electron chi connectivity index (χ1n) is 11.7. The van der Waals surface area contributed by atoms with Crippen LogP contribution in [0, 0.1) is 0 Å². The molecule has 0 aliphatic carbocycles. The summed E-state index contributed by atoms with van der Waals surface area (Å²) in [6.07, 6.45) is -6.47. The number of aliphatic hydroxyl groups excluding tert-OH is 1. The molecule has 0 bridgehead atoms. The molecule has 5 rings (SSSR count). The number of hydrogen-bond donors (Lipinski definition) is 1. The average Bonchev–Trinajstić information content (AvgIpc) is 3.57. The van der Waals surface area contributed by atoms with Crippen LogP contribution in [-0.4, -0.2) is 41.0 Å². The van der Waals surface area contributed by atoms with E-state index in [1.54, 1.807) is 18.2 Å². The summed E-state index contributed by atoms with van der Waals surface area (Å²) in [5.41, 5.74) is -3.83. The van der Waals surface area contributed by atoms with Gasteiger partial charge in [-0.1, -0.05) is 40.2 Å². The summed E-state index contributed by atoms with van der Waals surface area (Å²) in [4.78, 5) is 21.7. The van der Waals surface area contributed by atoms with Crippen LogP contribution in [0.2, 0.25) is 5.02 Å². The Labute approximate surface area is 236 Å². The van der Waals surface area contributed by atoms with Crippen LogP contribution in [0.3, 0.4) is 0 Å². The number of ketones is 1. The maximum atomic E-state index is 13.9. The number of aromatic nitrogens is 6. The number of benzene rings is 2. The van der Waals surface area contributed by atoms with Gasteiger partial charge in [-0.3, -0.25) is 4.79 Å². The van der Waals surface area contributed by atoms with Gasteiger partial charge in [0.15, 0.2) is 11.5 Å². The standard InChI is InChI=1S/C26H15ClF6N6O3/c27-18-4-2-1-3-17(18)21-20(19(11-40)42-37-21)24(41)22-23(14-8-34-12-35-9-14)39(38-36-22)10-13-5-15(25(28,29)30)7-16(6-13)26(31,32)33/h1-9,12,40H,10-11H2. The minimum atomic E-state index is -5.07. The topological polar surface area (TPSA) is 120 Å². The predicted molar refractivity (Wildman–Crippen MR) is 133 cm³/mol. The highest BCUT2D eigenvalue weighted by Crippen LogP contribution is 2.37. The zero-order chi connectivity index (χ0) is 30.2. The molecule has 0 saturated heterocycles. The fraction of sp³-hybridized carbons (Fsp3) is 0.154. The second-order valence-corrected chi connectivity index (χ2v) is 9.19. The Morgan fingerprint density at radius 2 is 1.62 bits per heavy atom. The molecule has 0 unspecified atom stereocenters. The van der Waals surface area contributed by atoms with E-state index >= 15 is 0 Å². The lowest BCUT2D eigenvalue weighted by Gasteiger charge is -2.15. The van der Waals surface area contributed by atoms with Crippen molar-refractivity contribution in [1.82, 2.24) is 30.1 Å². The van der Waals surface area contributed by atoms with Crippen LogP contribution < -0.4 is 0 Å². The Kier molecular flexibility index (Phi) is 7.55. The first-order valence-corrected chi connectivity index (χ1v) is 12.1. The number of alkyl halides is 6. The third kappa shape index (κ3) is 5.60. The second kappa shape index (κ2) is 11.0. The highest BCUT2D eigenvalue weighted by Gasteiger charge is 2.37. The molecule has 0 atom stereocenters. The molecule has 0 fully saturated rings. The van der Waals surface area contributed by atoms with Crippen LogP contribution in [0.1, 0.15) is 38.5 Å². The van der Waals surface area contributed by atoms with Crippen LogP contribution >= 0.6 is 11.6 Å². The molecular weight excluding hydrogens is 594 g/mol. The van der Waals surface area contributed by atoms with Gasteiger partial charge in [0.05, 0.1) is 28.3 Å². The van der Waals surface area contributed by atoms with Crippen molar-refractivity contribution in [2.75, 3.05) is 0 Å². The van der Waals surface area contributed by atoms with Crippen LogP contribution in [-0.2, 0) is 25.5 Å². The Hall–Kier alpha value is -4.63. The van der Waals surface area contributed by atoms with E-state index < -0.39 is 48.0 Å². The Balaban J connectivity index is 1.66. The van der Waals surface area contributed by atoms with Crippen molar-refractivity contribution in [1.29, 1.82) is 0 Å². The number of aliphatic hydroxyl groups is 1. The lowest BCUT2D eigenvalue weighted by Crippen LogP contribution is -2.14. The van der Waals surface area contributed by atoms with Crippen molar-refractivity contribution in [3.8, 4) is 22.5 Å². The molecule has 42 heavy (non-hydrogen) atoms. The van der Waals surface area contributed by atoms with Crippen LogP contribution in [0.4, 0.5) is 26.3 Å². The van der Waals surface area contributed by atoms with Gasteiger partial charge in [0.1, 0.15) is 24.3 Å². The van der Waals surface area contributed by atoms with Gasteiger partial charge in [0.25, 0.3) is 0 Å². The van der Waals surface area contributed by atoms with Gasteiger partial charge in [0.2, 0.25) is 5.78 Å². The maximum absolute atomic E-state index is 13.9. The van der Waals surface area contributed by atoms with E-state index in [2.05, 4.69) is 25.4 Å². The third-order valence-corrected chi connectivity index (χ3v) is 6.36. The molecule has 3 heterocycles. The Morgan fingerprint density at radius 3 is 2.21 bits per heavy atom. The number of hydrogen-bond acceptors (Lipinski definition) is 8. The van der Waals surface area contributed by atoms with E-state index in [1.807, 2.05) is 0 Å². The van der Waals surface area contributed by atoms with Crippen molar-refractivity contribution in [2.45, 2.75) is 25.5 Å². The van der Waals surface area contributed by atoms with Gasteiger partial charge in [-0.25, -0.2) is 14.6 Å². The lowest BCUT2D eigenvalue weighted by molar-refractivity contribution is -0.143. The smallest absolute Gasteiger partial charge is 0.388 e. The van der Waals surface area contributed by atoms with Crippen molar-refractivity contribution < 1.29 is 40.8 Å². The predicted octanol–water partition coefficient (Wildman–Crippen LogP) is 5.85. The van der Waals surface area contributed by atoms with Gasteiger partial charge in [-0.05, 0) is 29.8 Å². The van der Waals surface area contributed by atoms with E-state index in [4.69, 9.17) is 16.1 Å². The molecule has 0 saturated carbocycles. The molecule has 0 spiro atoms. The molecule has 0 aliphatic rings. The minimum absolute atomic E-state index is 0.00427. The summed E-state index contributed by atoms with van der Waals surface area (Å²) >= 11 is 6.28. The summed E-state index contributed by atoms with van der Waals surface area (Å²) in [5.74, 6) is -1.12. The van der Waals surface area contributed by atoms with Gasteiger partial charge < -0.3 is 9.63 Å². The lowest BCUT2D eigenvalue weighted by atomic mass is 9.98. The van der Waals surface area contributed by atoms with Crippen LogP contribution in [0.5, 0.6) is 0 Å². The van der Waals surface area contributed by atoms with Gasteiger partial charge in [-0.2, -0.15) is 26.3 Å². The highest BCUT2D eigenvalue weighted by molar-refractivity contribution is 6.33. The monoisotopic (exact) mass is 608 g/mol. The maximum Gasteiger partial charge on any atom is 0.416 e. The fourth-order valence-corrected chi connectivity index (χ4v) is 4.41. The summed E-state index contributed by atoms with van der Waals surface area (Å²) < 4.78 is 86.8. The molecule has 3 aromatic heterocycles. The van der Waals surface area contributed by atoms with Crippen molar-refractivity contribution >= 4 is 17.4 Å². The fourth-order valence-electron chi connectivity index (χ4n) is 4.19. The molecule has 16 heteroatoms.